The SMILES string of the molecule is C[Si](C)(C)OC=C1N=C(Cc2ccccc2)OC1=O. The number of aliphatic imine (C=N–C) groups is 1. The highest BCUT2D eigenvalue weighted by molar-refractivity contribution is 6.69. The lowest BCUT2D eigenvalue weighted by Gasteiger charge is -2.14. The van der Waals surface area contributed by atoms with Crippen molar-refractivity contribution in [3.8, 4) is 0 Å². The summed E-state index contributed by atoms with van der Waals surface area (Å²) in [4.78, 5) is 15.8. The van der Waals surface area contributed by atoms with E-state index in [0.29, 0.717) is 12.3 Å². The second-order valence-corrected chi connectivity index (χ2v) is 9.75. The van der Waals surface area contributed by atoms with Gasteiger partial charge in [-0.1, -0.05) is 30.3 Å². The van der Waals surface area contributed by atoms with Crippen LogP contribution in [-0.4, -0.2) is 20.2 Å². The fourth-order valence-corrected chi connectivity index (χ4v) is 1.98. The molecule has 1 heterocycles. The molecule has 2 rings (SSSR count). The molecule has 0 radical (unpaired) electrons. The zero-order valence-corrected chi connectivity index (χ0v) is 12.3. The zero-order valence-electron chi connectivity index (χ0n) is 11.3. The maximum Gasteiger partial charge on any atom is 0.366 e. The minimum atomic E-state index is -1.70. The van der Waals surface area contributed by atoms with Gasteiger partial charge in [-0.25, -0.2) is 9.79 Å². The fraction of sp³-hybridized carbons (Fsp3) is 0.286. The highest BCUT2D eigenvalue weighted by Gasteiger charge is 2.24. The van der Waals surface area contributed by atoms with Gasteiger partial charge in [0.05, 0.1) is 6.26 Å². The van der Waals surface area contributed by atoms with Crippen LogP contribution in [0.2, 0.25) is 19.6 Å². The maximum absolute atomic E-state index is 11.6. The summed E-state index contributed by atoms with van der Waals surface area (Å²) in [6, 6.07) is 9.77. The monoisotopic (exact) mass is 275 g/mol. The van der Waals surface area contributed by atoms with Crippen LogP contribution in [0.3, 0.4) is 0 Å². The van der Waals surface area contributed by atoms with Gasteiger partial charge in [0.1, 0.15) is 0 Å². The molecule has 0 fully saturated rings. The molecular formula is C14H17NO3Si. The van der Waals surface area contributed by atoms with Crippen LogP contribution in [0.1, 0.15) is 5.56 Å². The van der Waals surface area contributed by atoms with Crippen molar-refractivity contribution in [2.75, 3.05) is 0 Å². The number of esters is 1. The molecule has 100 valence electrons. The topological polar surface area (TPSA) is 47.9 Å². The van der Waals surface area contributed by atoms with Gasteiger partial charge in [-0.15, -0.1) is 0 Å². The molecule has 0 aliphatic carbocycles. The summed E-state index contributed by atoms with van der Waals surface area (Å²) in [6.45, 7) is 6.12. The molecule has 5 heteroatoms. The van der Waals surface area contributed by atoms with Gasteiger partial charge in [0.25, 0.3) is 0 Å². The van der Waals surface area contributed by atoms with E-state index in [2.05, 4.69) is 4.99 Å². The first-order chi connectivity index (χ1) is 8.94. The normalized spacial score (nSPS) is 17.3. The van der Waals surface area contributed by atoms with Crippen molar-refractivity contribution < 1.29 is 14.0 Å². The van der Waals surface area contributed by atoms with E-state index in [0.717, 1.165) is 5.56 Å². The Labute approximate surface area is 113 Å². The molecule has 0 bridgehead atoms. The van der Waals surface area contributed by atoms with Crippen LogP contribution in [0.15, 0.2) is 47.3 Å². The standard InChI is InChI=1S/C14H17NO3Si/c1-19(2,3)17-10-12-14(16)18-13(15-12)9-11-7-5-4-6-8-11/h4-8,10H,9H2,1-3H3. The first-order valence-electron chi connectivity index (χ1n) is 6.16. The fourth-order valence-electron chi connectivity index (χ4n) is 1.52. The summed E-state index contributed by atoms with van der Waals surface area (Å²) in [6.07, 6.45) is 1.93. The van der Waals surface area contributed by atoms with Gasteiger partial charge in [-0.3, -0.25) is 0 Å². The first kappa shape index (κ1) is 13.5. The maximum atomic E-state index is 11.6. The number of rotatable bonds is 4. The summed E-state index contributed by atoms with van der Waals surface area (Å²) < 4.78 is 10.7. The molecule has 4 nitrogen and oxygen atoms in total. The lowest BCUT2D eigenvalue weighted by atomic mass is 10.1. The Morgan fingerprint density at radius 2 is 1.95 bits per heavy atom. The summed E-state index contributed by atoms with van der Waals surface area (Å²) in [7, 11) is -1.70. The minimum Gasteiger partial charge on any atom is -0.548 e. The second-order valence-electron chi connectivity index (χ2n) is 5.29. The minimum absolute atomic E-state index is 0.244. The van der Waals surface area contributed by atoms with Gasteiger partial charge in [-0.05, 0) is 25.2 Å². The zero-order chi connectivity index (χ0) is 13.9. The highest BCUT2D eigenvalue weighted by Crippen LogP contribution is 2.15. The van der Waals surface area contributed by atoms with Crippen LogP contribution in [0.4, 0.5) is 0 Å². The number of benzene rings is 1. The molecule has 19 heavy (non-hydrogen) atoms. The summed E-state index contributed by atoms with van der Waals surface area (Å²) >= 11 is 0. The number of cyclic esters (lactones) is 1. The quantitative estimate of drug-likeness (QED) is 0.367. The molecular weight excluding hydrogens is 258 g/mol. The second kappa shape index (κ2) is 5.40. The average Bonchev–Trinajstić information content (AvgIpc) is 2.67. The van der Waals surface area contributed by atoms with Crippen molar-refractivity contribution in [1.82, 2.24) is 0 Å². The van der Waals surface area contributed by atoms with Crippen LogP contribution >= 0.6 is 0 Å². The van der Waals surface area contributed by atoms with Crippen molar-refractivity contribution in [2.45, 2.75) is 26.1 Å². The highest BCUT2D eigenvalue weighted by atomic mass is 28.4. The smallest absolute Gasteiger partial charge is 0.366 e. The van der Waals surface area contributed by atoms with E-state index in [-0.39, 0.29) is 5.70 Å². The Morgan fingerprint density at radius 1 is 1.26 bits per heavy atom. The third-order valence-corrected chi connectivity index (χ3v) is 3.21. The van der Waals surface area contributed by atoms with Gasteiger partial charge >= 0.3 is 5.97 Å². The van der Waals surface area contributed by atoms with E-state index in [1.54, 1.807) is 0 Å². The number of carbonyl (C=O) groups excluding carboxylic acids is 1. The van der Waals surface area contributed by atoms with Crippen molar-refractivity contribution in [1.29, 1.82) is 0 Å². The molecule has 0 saturated heterocycles. The van der Waals surface area contributed by atoms with Crippen molar-refractivity contribution in [2.24, 2.45) is 4.99 Å². The lowest BCUT2D eigenvalue weighted by molar-refractivity contribution is -0.130. The Morgan fingerprint density at radius 3 is 2.58 bits per heavy atom. The van der Waals surface area contributed by atoms with Gasteiger partial charge in [0.2, 0.25) is 14.2 Å². The molecule has 0 amide bonds. The number of ether oxygens (including phenoxy) is 1. The first-order valence-corrected chi connectivity index (χ1v) is 9.56. The van der Waals surface area contributed by atoms with E-state index in [1.165, 1.54) is 6.26 Å². The molecule has 0 N–H and O–H groups in total. The molecule has 0 saturated carbocycles. The molecule has 1 aromatic carbocycles. The Kier molecular flexibility index (Phi) is 3.85. The lowest BCUT2D eigenvalue weighted by Crippen LogP contribution is -2.22. The number of nitrogens with zero attached hydrogens (tertiary/aromatic N) is 1. The molecule has 1 aliphatic rings. The van der Waals surface area contributed by atoms with Crippen molar-refractivity contribution >= 4 is 20.2 Å². The summed E-state index contributed by atoms with van der Waals surface area (Å²) in [5, 5.41) is 0. The Balaban J connectivity index is 2.07. The van der Waals surface area contributed by atoms with Crippen LogP contribution in [0, 0.1) is 0 Å². The number of hydrogen-bond acceptors (Lipinski definition) is 4. The van der Waals surface area contributed by atoms with Crippen molar-refractivity contribution in [3.63, 3.8) is 0 Å². The molecule has 1 aliphatic heterocycles. The van der Waals surface area contributed by atoms with Crippen molar-refractivity contribution in [3.05, 3.63) is 47.9 Å². The Hall–Kier alpha value is -1.88. The van der Waals surface area contributed by atoms with Crippen LogP contribution < -0.4 is 0 Å². The van der Waals surface area contributed by atoms with Gasteiger partial charge < -0.3 is 9.16 Å². The van der Waals surface area contributed by atoms with E-state index < -0.39 is 14.3 Å². The largest absolute Gasteiger partial charge is 0.548 e. The van der Waals surface area contributed by atoms with Gasteiger partial charge in [-0.2, -0.15) is 0 Å². The van der Waals surface area contributed by atoms with Crippen LogP contribution in [0.5, 0.6) is 0 Å². The number of hydrogen-bond donors (Lipinski definition) is 0. The summed E-state index contributed by atoms with van der Waals surface area (Å²) in [5.74, 6) is -0.0224. The third-order valence-electron chi connectivity index (χ3n) is 2.39. The van der Waals surface area contributed by atoms with E-state index >= 15 is 0 Å². The summed E-state index contributed by atoms with van der Waals surface area (Å²) in [5.41, 5.74) is 1.30. The van der Waals surface area contributed by atoms with Crippen LogP contribution in [-0.2, 0) is 20.4 Å². The van der Waals surface area contributed by atoms with E-state index in [4.69, 9.17) is 9.16 Å². The predicted octanol–water partition coefficient (Wildman–Crippen LogP) is 2.88. The predicted molar refractivity (Wildman–Crippen MR) is 76.2 cm³/mol. The molecule has 0 atom stereocenters. The molecule has 0 unspecified atom stereocenters. The molecule has 0 aromatic heterocycles. The molecule has 1 aromatic rings. The third kappa shape index (κ3) is 4.06. The average molecular weight is 275 g/mol. The Bertz CT molecular complexity index is 529. The van der Waals surface area contributed by atoms with Gasteiger partial charge in [0, 0.05) is 6.42 Å². The van der Waals surface area contributed by atoms with E-state index in [9.17, 15) is 4.79 Å². The van der Waals surface area contributed by atoms with E-state index in [1.807, 2.05) is 50.0 Å². The van der Waals surface area contributed by atoms with Gasteiger partial charge in [0.15, 0.2) is 5.70 Å². The number of carbonyl (C=O) groups is 1. The van der Waals surface area contributed by atoms with Crippen LogP contribution in [0.25, 0.3) is 0 Å². The molecule has 0 spiro atoms.